The number of benzene rings is 2. The van der Waals surface area contributed by atoms with Gasteiger partial charge in [0.1, 0.15) is 0 Å². The molecule has 0 aromatic heterocycles. The third kappa shape index (κ3) is 5.51. The maximum absolute atomic E-state index is 10.8. The van der Waals surface area contributed by atoms with Crippen LogP contribution in [0, 0.1) is 54.3 Å². The van der Waals surface area contributed by atoms with Crippen LogP contribution in [-0.2, 0) is 0 Å². The van der Waals surface area contributed by atoms with Gasteiger partial charge in [0.2, 0.25) is 0 Å². The average molecular weight is 480 g/mol. The molecule has 0 aliphatic heterocycles. The fourth-order valence-electron chi connectivity index (χ4n) is 3.59. The van der Waals surface area contributed by atoms with Crippen LogP contribution in [0.15, 0.2) is 12.1 Å². The summed E-state index contributed by atoms with van der Waals surface area (Å²) < 4.78 is 0. The van der Waals surface area contributed by atoms with Gasteiger partial charge in [-0.25, -0.2) is 0 Å². The summed E-state index contributed by atoms with van der Waals surface area (Å²) >= 11 is 0. The van der Waals surface area contributed by atoms with Crippen molar-refractivity contribution < 1.29 is 29.9 Å². The molecule has 0 aliphatic rings. The lowest BCUT2D eigenvalue weighted by atomic mass is 9.94. The molecule has 0 fully saturated rings. The summed E-state index contributed by atoms with van der Waals surface area (Å²) in [6.45, 7) is 9.75. The van der Waals surface area contributed by atoms with Crippen molar-refractivity contribution in [2.45, 2.75) is 53.4 Å². The standard InChI is InChI=1S/2C10H12N2O5/c2*1-5(2)9-6(3)7(11(14)15)4-8(10(9)13)12(16)17/h2*4-5,13H,1-3H3. The van der Waals surface area contributed by atoms with Gasteiger partial charge in [-0.05, 0) is 25.7 Å². The number of nitro benzene ring substituents is 4. The maximum atomic E-state index is 10.8. The van der Waals surface area contributed by atoms with Crippen LogP contribution in [0.2, 0.25) is 0 Å². The Hall–Kier alpha value is -4.36. The van der Waals surface area contributed by atoms with Crippen molar-refractivity contribution in [1.82, 2.24) is 0 Å². The normalized spacial score (nSPS) is 10.6. The number of phenolic OH excluding ortho intramolecular Hbond substituents is 2. The van der Waals surface area contributed by atoms with Crippen LogP contribution in [0.5, 0.6) is 11.5 Å². The fraction of sp³-hybridized carbons (Fsp3) is 0.400. The molecule has 2 rings (SSSR count). The van der Waals surface area contributed by atoms with E-state index in [2.05, 4.69) is 0 Å². The fourth-order valence-corrected chi connectivity index (χ4v) is 3.59. The molecule has 0 radical (unpaired) electrons. The predicted molar refractivity (Wildman–Crippen MR) is 120 cm³/mol. The Morgan fingerprint density at radius 1 is 0.588 bits per heavy atom. The SMILES string of the molecule is Cc1c([N+](=O)[O-])cc([N+](=O)[O-])c(O)c1C(C)C.Cc1c([N+](=O)[O-])cc([N+](=O)[O-])c(O)c1C(C)C. The minimum Gasteiger partial charge on any atom is -0.502 e. The van der Waals surface area contributed by atoms with E-state index in [1.165, 1.54) is 13.8 Å². The molecule has 0 saturated carbocycles. The monoisotopic (exact) mass is 480 g/mol. The second-order valence-electron chi connectivity index (χ2n) is 7.94. The molecule has 14 heteroatoms. The number of rotatable bonds is 6. The van der Waals surface area contributed by atoms with Crippen molar-refractivity contribution in [3.8, 4) is 11.5 Å². The molecule has 0 saturated heterocycles. The number of nitro groups is 4. The lowest BCUT2D eigenvalue weighted by Gasteiger charge is -2.12. The molecule has 0 aliphatic carbocycles. The van der Waals surface area contributed by atoms with Crippen LogP contribution >= 0.6 is 0 Å². The van der Waals surface area contributed by atoms with Gasteiger partial charge in [-0.15, -0.1) is 0 Å². The van der Waals surface area contributed by atoms with Gasteiger partial charge in [0.25, 0.3) is 11.4 Å². The van der Waals surface area contributed by atoms with E-state index < -0.39 is 42.6 Å². The molecule has 34 heavy (non-hydrogen) atoms. The third-order valence-electron chi connectivity index (χ3n) is 5.06. The number of hydrogen-bond donors (Lipinski definition) is 2. The van der Waals surface area contributed by atoms with Crippen molar-refractivity contribution >= 4 is 22.7 Å². The van der Waals surface area contributed by atoms with Gasteiger partial charge in [-0.3, -0.25) is 40.5 Å². The van der Waals surface area contributed by atoms with Gasteiger partial charge in [-0.1, -0.05) is 27.7 Å². The molecular formula is C20H24N4O10. The van der Waals surface area contributed by atoms with E-state index in [4.69, 9.17) is 0 Å². The zero-order valence-electron chi connectivity index (χ0n) is 19.3. The van der Waals surface area contributed by atoms with Gasteiger partial charge in [0.05, 0.1) is 31.8 Å². The number of phenols is 2. The highest BCUT2D eigenvalue weighted by Crippen LogP contribution is 2.42. The van der Waals surface area contributed by atoms with Gasteiger partial charge >= 0.3 is 11.4 Å². The van der Waals surface area contributed by atoms with Gasteiger partial charge in [-0.2, -0.15) is 0 Å². The maximum Gasteiger partial charge on any atom is 0.317 e. The first kappa shape index (κ1) is 27.7. The van der Waals surface area contributed by atoms with Crippen molar-refractivity contribution in [2.24, 2.45) is 0 Å². The Bertz CT molecular complexity index is 1010. The number of aromatic hydroxyl groups is 2. The molecule has 2 N–H and O–H groups in total. The minimum atomic E-state index is -0.826. The van der Waals surface area contributed by atoms with Crippen LogP contribution in [0.25, 0.3) is 0 Å². The zero-order chi connectivity index (χ0) is 26.7. The molecule has 0 spiro atoms. The molecule has 2 aromatic rings. The Balaban J connectivity index is 0.000000340. The lowest BCUT2D eigenvalue weighted by molar-refractivity contribution is -0.395. The van der Waals surface area contributed by atoms with Crippen LogP contribution < -0.4 is 0 Å². The number of nitrogens with zero attached hydrogens (tertiary/aromatic N) is 4. The van der Waals surface area contributed by atoms with E-state index in [9.17, 15) is 50.7 Å². The highest BCUT2D eigenvalue weighted by Gasteiger charge is 2.29. The van der Waals surface area contributed by atoms with Crippen molar-refractivity contribution in [3.63, 3.8) is 0 Å². The smallest absolute Gasteiger partial charge is 0.317 e. The molecule has 0 bridgehead atoms. The van der Waals surface area contributed by atoms with Gasteiger partial charge in [0.15, 0.2) is 11.5 Å². The molecule has 0 heterocycles. The van der Waals surface area contributed by atoms with Crippen molar-refractivity contribution in [3.05, 3.63) is 74.8 Å². The highest BCUT2D eigenvalue weighted by molar-refractivity contribution is 5.64. The van der Waals surface area contributed by atoms with E-state index in [-0.39, 0.29) is 45.5 Å². The highest BCUT2D eigenvalue weighted by atomic mass is 16.6. The summed E-state index contributed by atoms with van der Waals surface area (Å²) in [5, 5.41) is 62.5. The first-order chi connectivity index (χ1) is 15.5. The molecule has 0 atom stereocenters. The molecule has 2 aromatic carbocycles. The van der Waals surface area contributed by atoms with E-state index in [1.54, 1.807) is 27.7 Å². The minimum absolute atomic E-state index is 0.242. The van der Waals surface area contributed by atoms with Gasteiger partial charge in [0, 0.05) is 22.3 Å². The summed E-state index contributed by atoms with van der Waals surface area (Å²) in [6, 6.07) is 1.58. The van der Waals surface area contributed by atoms with Crippen molar-refractivity contribution in [1.29, 1.82) is 0 Å². The third-order valence-corrected chi connectivity index (χ3v) is 5.06. The Morgan fingerprint density at radius 2 is 0.824 bits per heavy atom. The second-order valence-corrected chi connectivity index (χ2v) is 7.94. The summed E-state index contributed by atoms with van der Waals surface area (Å²) in [5.74, 6) is -1.47. The zero-order valence-corrected chi connectivity index (χ0v) is 19.3. The molecule has 14 nitrogen and oxygen atoms in total. The van der Waals surface area contributed by atoms with E-state index in [1.807, 2.05) is 0 Å². The molecule has 0 unspecified atom stereocenters. The van der Waals surface area contributed by atoms with E-state index in [0.29, 0.717) is 0 Å². The second kappa shape index (κ2) is 10.5. The van der Waals surface area contributed by atoms with E-state index >= 15 is 0 Å². The van der Waals surface area contributed by atoms with Crippen LogP contribution in [0.1, 0.15) is 61.8 Å². The topological polar surface area (TPSA) is 213 Å². The van der Waals surface area contributed by atoms with Crippen LogP contribution in [0.3, 0.4) is 0 Å². The quantitative estimate of drug-likeness (QED) is 0.403. The summed E-state index contributed by atoms with van der Waals surface area (Å²) in [4.78, 5) is 40.0. The molecule has 0 amide bonds. The van der Waals surface area contributed by atoms with Gasteiger partial charge < -0.3 is 10.2 Å². The number of hydrogen-bond acceptors (Lipinski definition) is 10. The van der Waals surface area contributed by atoms with Crippen LogP contribution in [0.4, 0.5) is 22.7 Å². The average Bonchev–Trinajstić information content (AvgIpc) is 2.66. The first-order valence-electron chi connectivity index (χ1n) is 9.84. The lowest BCUT2D eigenvalue weighted by Crippen LogP contribution is -2.02. The molecular weight excluding hydrogens is 456 g/mol. The Kier molecular flexibility index (Phi) is 8.55. The Labute approximate surface area is 193 Å². The Morgan fingerprint density at radius 3 is 1.00 bits per heavy atom. The summed E-state index contributed by atoms with van der Waals surface area (Å²) in [6.07, 6.45) is 0. The predicted octanol–water partition coefficient (Wildman–Crippen LogP) is 5.28. The molecule has 184 valence electrons. The summed E-state index contributed by atoms with van der Waals surface area (Å²) in [7, 11) is 0. The van der Waals surface area contributed by atoms with Crippen molar-refractivity contribution in [2.75, 3.05) is 0 Å². The first-order valence-corrected chi connectivity index (χ1v) is 9.84. The summed E-state index contributed by atoms with van der Waals surface area (Å²) in [5.41, 5.74) is -0.966. The van der Waals surface area contributed by atoms with Crippen LogP contribution in [-0.4, -0.2) is 29.9 Å². The largest absolute Gasteiger partial charge is 0.502 e. The van der Waals surface area contributed by atoms with E-state index in [0.717, 1.165) is 12.1 Å².